The first-order valence-corrected chi connectivity index (χ1v) is 7.08. The molecule has 1 aliphatic rings. The van der Waals surface area contributed by atoms with Crippen molar-refractivity contribution in [1.29, 1.82) is 0 Å². The normalized spacial score (nSPS) is 23.8. The van der Waals surface area contributed by atoms with E-state index in [0.29, 0.717) is 11.4 Å². The Hall–Kier alpha value is -1.38. The highest BCUT2D eigenvalue weighted by atomic mass is 14.9. The van der Waals surface area contributed by atoms with Gasteiger partial charge in [0, 0.05) is 12.2 Å². The SMILES string of the molecule is CCC1CCC(CNc2ccc(N)c(N)c2)CC1. The molecule has 5 N–H and O–H groups in total. The average molecular weight is 247 g/mol. The Balaban J connectivity index is 1.79. The molecule has 0 spiro atoms. The summed E-state index contributed by atoms with van der Waals surface area (Å²) in [5.41, 5.74) is 13.9. The predicted molar refractivity (Wildman–Crippen MR) is 79.5 cm³/mol. The van der Waals surface area contributed by atoms with Crippen LogP contribution in [0.5, 0.6) is 0 Å². The molecule has 0 amide bonds. The Bertz CT molecular complexity index is 381. The molecule has 1 saturated carbocycles. The number of hydrogen-bond acceptors (Lipinski definition) is 3. The summed E-state index contributed by atoms with van der Waals surface area (Å²) in [6.07, 6.45) is 6.85. The van der Waals surface area contributed by atoms with E-state index in [0.717, 1.165) is 24.1 Å². The fraction of sp³-hybridized carbons (Fsp3) is 0.600. The summed E-state index contributed by atoms with van der Waals surface area (Å²) in [7, 11) is 0. The fourth-order valence-corrected chi connectivity index (χ4v) is 2.79. The first-order valence-electron chi connectivity index (χ1n) is 7.08. The first-order chi connectivity index (χ1) is 8.69. The van der Waals surface area contributed by atoms with Crippen molar-refractivity contribution in [2.75, 3.05) is 23.3 Å². The third-order valence-electron chi connectivity index (χ3n) is 4.23. The second-order valence-electron chi connectivity index (χ2n) is 5.52. The van der Waals surface area contributed by atoms with Gasteiger partial charge < -0.3 is 16.8 Å². The minimum absolute atomic E-state index is 0.656. The Labute approximate surface area is 110 Å². The molecule has 1 aromatic carbocycles. The predicted octanol–water partition coefficient (Wildman–Crippen LogP) is 3.48. The van der Waals surface area contributed by atoms with E-state index in [4.69, 9.17) is 11.5 Å². The molecule has 0 aromatic heterocycles. The second-order valence-corrected chi connectivity index (χ2v) is 5.52. The number of nitrogens with two attached hydrogens (primary N) is 2. The van der Waals surface area contributed by atoms with Crippen LogP contribution >= 0.6 is 0 Å². The molecule has 3 nitrogen and oxygen atoms in total. The number of nitrogen functional groups attached to an aromatic ring is 2. The minimum Gasteiger partial charge on any atom is -0.397 e. The zero-order chi connectivity index (χ0) is 13.0. The number of rotatable bonds is 4. The highest BCUT2D eigenvalue weighted by Gasteiger charge is 2.19. The molecule has 0 radical (unpaired) electrons. The van der Waals surface area contributed by atoms with E-state index in [9.17, 15) is 0 Å². The van der Waals surface area contributed by atoms with Crippen LogP contribution in [-0.2, 0) is 0 Å². The highest BCUT2D eigenvalue weighted by Crippen LogP contribution is 2.31. The van der Waals surface area contributed by atoms with Crippen LogP contribution in [0.15, 0.2) is 18.2 Å². The maximum Gasteiger partial charge on any atom is 0.0568 e. The molecule has 0 atom stereocenters. The molecule has 100 valence electrons. The number of hydrogen-bond donors (Lipinski definition) is 3. The van der Waals surface area contributed by atoms with E-state index < -0.39 is 0 Å². The molecule has 1 aromatic rings. The van der Waals surface area contributed by atoms with Crippen molar-refractivity contribution in [3.05, 3.63) is 18.2 Å². The molecule has 3 heteroatoms. The lowest BCUT2D eigenvalue weighted by atomic mass is 9.81. The molecule has 0 heterocycles. The van der Waals surface area contributed by atoms with Crippen LogP contribution in [0, 0.1) is 11.8 Å². The van der Waals surface area contributed by atoms with Crippen LogP contribution < -0.4 is 16.8 Å². The van der Waals surface area contributed by atoms with Crippen LogP contribution in [0.3, 0.4) is 0 Å². The standard InChI is InChI=1S/C15H25N3/c1-2-11-3-5-12(6-4-11)10-18-13-7-8-14(16)15(17)9-13/h7-9,11-12,18H,2-6,10,16-17H2,1H3. The third kappa shape index (κ3) is 3.31. The topological polar surface area (TPSA) is 64.1 Å². The number of nitrogens with one attached hydrogen (secondary N) is 1. The van der Waals surface area contributed by atoms with Gasteiger partial charge in [0.2, 0.25) is 0 Å². The number of benzene rings is 1. The first kappa shape index (κ1) is 13.1. The minimum atomic E-state index is 0.656. The van der Waals surface area contributed by atoms with Crippen LogP contribution in [0.4, 0.5) is 17.1 Å². The van der Waals surface area contributed by atoms with Crippen molar-refractivity contribution in [2.24, 2.45) is 11.8 Å². The lowest BCUT2D eigenvalue weighted by molar-refractivity contribution is 0.278. The number of anilines is 3. The zero-order valence-corrected chi connectivity index (χ0v) is 11.3. The largest absolute Gasteiger partial charge is 0.397 e. The molecule has 1 aliphatic carbocycles. The van der Waals surface area contributed by atoms with E-state index in [2.05, 4.69) is 12.2 Å². The Morgan fingerprint density at radius 1 is 1.06 bits per heavy atom. The quantitative estimate of drug-likeness (QED) is 0.714. The molecular formula is C15H25N3. The van der Waals surface area contributed by atoms with E-state index in [-0.39, 0.29) is 0 Å². The van der Waals surface area contributed by atoms with Gasteiger partial charge in [-0.25, -0.2) is 0 Å². The highest BCUT2D eigenvalue weighted by molar-refractivity contribution is 5.69. The fourth-order valence-electron chi connectivity index (χ4n) is 2.79. The van der Waals surface area contributed by atoms with E-state index >= 15 is 0 Å². The van der Waals surface area contributed by atoms with Crippen LogP contribution in [-0.4, -0.2) is 6.54 Å². The van der Waals surface area contributed by atoms with Crippen LogP contribution in [0.25, 0.3) is 0 Å². The molecule has 0 bridgehead atoms. The van der Waals surface area contributed by atoms with Gasteiger partial charge in [0.25, 0.3) is 0 Å². The van der Waals surface area contributed by atoms with E-state index in [1.807, 2.05) is 18.2 Å². The van der Waals surface area contributed by atoms with Gasteiger partial charge in [-0.3, -0.25) is 0 Å². The monoisotopic (exact) mass is 247 g/mol. The Kier molecular flexibility index (Phi) is 4.34. The summed E-state index contributed by atoms with van der Waals surface area (Å²) in [6.45, 7) is 3.36. The Morgan fingerprint density at radius 2 is 1.72 bits per heavy atom. The Morgan fingerprint density at radius 3 is 2.33 bits per heavy atom. The van der Waals surface area contributed by atoms with Crippen molar-refractivity contribution in [1.82, 2.24) is 0 Å². The molecule has 18 heavy (non-hydrogen) atoms. The summed E-state index contributed by atoms with van der Waals surface area (Å²) >= 11 is 0. The van der Waals surface area contributed by atoms with Gasteiger partial charge in [0.05, 0.1) is 11.4 Å². The smallest absolute Gasteiger partial charge is 0.0568 e. The molecule has 1 fully saturated rings. The summed E-state index contributed by atoms with van der Waals surface area (Å²) < 4.78 is 0. The van der Waals surface area contributed by atoms with Gasteiger partial charge >= 0.3 is 0 Å². The molecule has 0 unspecified atom stereocenters. The summed E-state index contributed by atoms with van der Waals surface area (Å²) in [5.74, 6) is 1.78. The van der Waals surface area contributed by atoms with Gasteiger partial charge in [-0.15, -0.1) is 0 Å². The molecule has 0 aliphatic heterocycles. The van der Waals surface area contributed by atoms with Gasteiger partial charge in [-0.05, 0) is 42.9 Å². The van der Waals surface area contributed by atoms with Gasteiger partial charge in [-0.1, -0.05) is 26.2 Å². The van der Waals surface area contributed by atoms with Crippen LogP contribution in [0.2, 0.25) is 0 Å². The van der Waals surface area contributed by atoms with Gasteiger partial charge in [0.1, 0.15) is 0 Å². The van der Waals surface area contributed by atoms with E-state index in [1.165, 1.54) is 32.1 Å². The molecule has 2 rings (SSSR count). The van der Waals surface area contributed by atoms with Crippen molar-refractivity contribution < 1.29 is 0 Å². The van der Waals surface area contributed by atoms with Gasteiger partial charge in [-0.2, -0.15) is 0 Å². The third-order valence-corrected chi connectivity index (χ3v) is 4.23. The average Bonchev–Trinajstić information content (AvgIpc) is 2.41. The molecular weight excluding hydrogens is 222 g/mol. The van der Waals surface area contributed by atoms with Crippen molar-refractivity contribution in [3.63, 3.8) is 0 Å². The van der Waals surface area contributed by atoms with E-state index in [1.54, 1.807) is 0 Å². The van der Waals surface area contributed by atoms with Crippen LogP contribution in [0.1, 0.15) is 39.0 Å². The van der Waals surface area contributed by atoms with Gasteiger partial charge in [0.15, 0.2) is 0 Å². The van der Waals surface area contributed by atoms with Crippen molar-refractivity contribution >= 4 is 17.1 Å². The lowest BCUT2D eigenvalue weighted by Crippen LogP contribution is -2.21. The van der Waals surface area contributed by atoms with Crippen molar-refractivity contribution in [3.8, 4) is 0 Å². The zero-order valence-electron chi connectivity index (χ0n) is 11.3. The van der Waals surface area contributed by atoms with Crippen molar-refractivity contribution in [2.45, 2.75) is 39.0 Å². The summed E-state index contributed by atoms with van der Waals surface area (Å²) in [4.78, 5) is 0. The summed E-state index contributed by atoms with van der Waals surface area (Å²) in [5, 5.41) is 3.48. The lowest BCUT2D eigenvalue weighted by Gasteiger charge is -2.28. The molecule has 0 saturated heterocycles. The maximum atomic E-state index is 5.80. The summed E-state index contributed by atoms with van der Waals surface area (Å²) in [6, 6.07) is 5.79. The second kappa shape index (κ2) is 5.98. The maximum absolute atomic E-state index is 5.80.